The summed E-state index contributed by atoms with van der Waals surface area (Å²) >= 11 is 0. The van der Waals surface area contributed by atoms with Crippen molar-refractivity contribution in [2.75, 3.05) is 26.1 Å². The second-order valence-electron chi connectivity index (χ2n) is 5.37. The van der Waals surface area contributed by atoms with Crippen LogP contribution in [0.2, 0.25) is 0 Å². The Kier molecular flexibility index (Phi) is 6.80. The molecule has 0 bridgehead atoms. The number of ether oxygens (including phenoxy) is 3. The third-order valence-corrected chi connectivity index (χ3v) is 3.53. The largest absolute Gasteiger partial charge is 0.465 e. The number of benzene rings is 2. The zero-order valence-corrected chi connectivity index (χ0v) is 15.0. The van der Waals surface area contributed by atoms with Crippen LogP contribution in [-0.2, 0) is 19.0 Å². The molecule has 2 rings (SSSR count). The Labute approximate surface area is 159 Å². The highest BCUT2D eigenvalue weighted by molar-refractivity contribution is 6.04. The van der Waals surface area contributed by atoms with Crippen molar-refractivity contribution >= 4 is 29.5 Å². The molecular weight excluding hydrogens is 373 g/mol. The molecule has 0 aliphatic heterocycles. The first-order chi connectivity index (χ1) is 13.3. The average Bonchev–Trinajstić information content (AvgIpc) is 2.71. The molecule has 2 aromatic carbocycles. The number of rotatable bonds is 6. The van der Waals surface area contributed by atoms with Gasteiger partial charge in [0, 0.05) is 0 Å². The molecule has 28 heavy (non-hydrogen) atoms. The number of amides is 1. The number of carbonyl (C=O) groups excluding carboxylic acids is 4. The Morgan fingerprint density at radius 2 is 1.46 bits per heavy atom. The van der Waals surface area contributed by atoms with Crippen LogP contribution in [0.5, 0.6) is 0 Å². The van der Waals surface area contributed by atoms with Crippen molar-refractivity contribution < 1.29 is 37.8 Å². The number of carbonyl (C=O) groups is 4. The maximum atomic E-state index is 12.9. The van der Waals surface area contributed by atoms with E-state index in [1.807, 2.05) is 0 Å². The molecule has 0 heterocycles. The predicted octanol–water partition coefficient (Wildman–Crippen LogP) is 2.19. The van der Waals surface area contributed by atoms with Crippen LogP contribution in [-0.4, -0.2) is 44.6 Å². The lowest BCUT2D eigenvalue weighted by Gasteiger charge is -2.11. The summed E-state index contributed by atoms with van der Waals surface area (Å²) < 4.78 is 26.9. The average molecular weight is 389 g/mol. The van der Waals surface area contributed by atoms with E-state index in [0.717, 1.165) is 19.2 Å². The van der Waals surface area contributed by atoms with Gasteiger partial charge < -0.3 is 19.5 Å². The van der Waals surface area contributed by atoms with Crippen molar-refractivity contribution in [3.63, 3.8) is 0 Å². The highest BCUT2D eigenvalue weighted by Gasteiger charge is 2.18. The fourth-order valence-corrected chi connectivity index (χ4v) is 2.17. The number of halogens is 1. The van der Waals surface area contributed by atoms with Crippen LogP contribution in [0.1, 0.15) is 31.1 Å². The standard InChI is InChI=1S/C19H16FNO7/c1-26-17(23)12-5-8-14(19(25)27-2)15(9-12)21-16(22)10-28-18(24)11-3-6-13(20)7-4-11/h3-9H,10H2,1-2H3,(H,21,22). The number of hydrogen-bond donors (Lipinski definition) is 1. The topological polar surface area (TPSA) is 108 Å². The first-order valence-electron chi connectivity index (χ1n) is 7.89. The molecule has 8 nitrogen and oxygen atoms in total. The van der Waals surface area contributed by atoms with Crippen molar-refractivity contribution in [1.29, 1.82) is 0 Å². The van der Waals surface area contributed by atoms with Crippen LogP contribution in [0.4, 0.5) is 10.1 Å². The van der Waals surface area contributed by atoms with Gasteiger partial charge in [-0.25, -0.2) is 18.8 Å². The van der Waals surface area contributed by atoms with Crippen molar-refractivity contribution in [1.82, 2.24) is 0 Å². The normalized spacial score (nSPS) is 9.96. The van der Waals surface area contributed by atoms with Gasteiger partial charge in [-0.2, -0.15) is 0 Å². The number of nitrogens with one attached hydrogen (secondary N) is 1. The SMILES string of the molecule is COC(=O)c1ccc(C(=O)OC)c(NC(=O)COC(=O)c2ccc(F)cc2)c1. The van der Waals surface area contributed by atoms with Gasteiger partial charge in [-0.3, -0.25) is 4.79 Å². The Morgan fingerprint density at radius 1 is 0.857 bits per heavy atom. The van der Waals surface area contributed by atoms with Gasteiger partial charge in [0.05, 0.1) is 36.6 Å². The second-order valence-corrected chi connectivity index (χ2v) is 5.37. The molecule has 1 amide bonds. The van der Waals surface area contributed by atoms with Crippen LogP contribution in [0.3, 0.4) is 0 Å². The summed E-state index contributed by atoms with van der Waals surface area (Å²) in [4.78, 5) is 47.4. The molecule has 0 aliphatic rings. The second kappa shape index (κ2) is 9.26. The quantitative estimate of drug-likeness (QED) is 0.596. The molecule has 0 aromatic heterocycles. The fourth-order valence-electron chi connectivity index (χ4n) is 2.17. The summed E-state index contributed by atoms with van der Waals surface area (Å²) in [5.41, 5.74) is 0.136. The predicted molar refractivity (Wildman–Crippen MR) is 94.4 cm³/mol. The van der Waals surface area contributed by atoms with E-state index in [9.17, 15) is 23.6 Å². The monoisotopic (exact) mass is 389 g/mol. The van der Waals surface area contributed by atoms with Crippen molar-refractivity contribution in [3.8, 4) is 0 Å². The molecule has 0 aliphatic carbocycles. The molecular formula is C19H16FNO7. The van der Waals surface area contributed by atoms with E-state index in [0.29, 0.717) is 0 Å². The van der Waals surface area contributed by atoms with E-state index in [1.165, 1.54) is 37.4 Å². The molecule has 1 N–H and O–H groups in total. The summed E-state index contributed by atoms with van der Waals surface area (Å²) in [5.74, 6) is -3.52. The summed E-state index contributed by atoms with van der Waals surface area (Å²) in [6, 6.07) is 8.45. The van der Waals surface area contributed by atoms with Gasteiger partial charge in [0.25, 0.3) is 5.91 Å². The lowest BCUT2D eigenvalue weighted by Crippen LogP contribution is -2.22. The molecule has 0 saturated carbocycles. The highest BCUT2D eigenvalue weighted by atomic mass is 19.1. The molecule has 0 spiro atoms. The van der Waals surface area contributed by atoms with Gasteiger partial charge >= 0.3 is 17.9 Å². The molecule has 0 atom stereocenters. The van der Waals surface area contributed by atoms with Crippen molar-refractivity contribution in [2.45, 2.75) is 0 Å². The molecule has 0 unspecified atom stereocenters. The first-order valence-corrected chi connectivity index (χ1v) is 7.89. The van der Waals surface area contributed by atoms with Gasteiger partial charge in [-0.05, 0) is 42.5 Å². The molecule has 0 fully saturated rings. The Bertz CT molecular complexity index is 909. The minimum absolute atomic E-state index is 0.00614. The van der Waals surface area contributed by atoms with E-state index >= 15 is 0 Å². The van der Waals surface area contributed by atoms with Crippen LogP contribution < -0.4 is 5.32 Å². The summed E-state index contributed by atoms with van der Waals surface area (Å²) in [6.07, 6.45) is 0. The van der Waals surface area contributed by atoms with Crippen molar-refractivity contribution in [2.24, 2.45) is 0 Å². The maximum Gasteiger partial charge on any atom is 0.339 e. The molecule has 146 valence electrons. The Hall–Kier alpha value is -3.75. The van der Waals surface area contributed by atoms with Crippen LogP contribution in [0.25, 0.3) is 0 Å². The minimum Gasteiger partial charge on any atom is -0.465 e. The van der Waals surface area contributed by atoms with Crippen LogP contribution >= 0.6 is 0 Å². The minimum atomic E-state index is -0.827. The third kappa shape index (κ3) is 5.13. The molecule has 0 saturated heterocycles. The molecule has 0 radical (unpaired) electrons. The number of anilines is 1. The van der Waals surface area contributed by atoms with E-state index in [2.05, 4.69) is 14.8 Å². The van der Waals surface area contributed by atoms with Gasteiger partial charge in [0.1, 0.15) is 5.82 Å². The van der Waals surface area contributed by atoms with E-state index in [4.69, 9.17) is 4.74 Å². The van der Waals surface area contributed by atoms with Gasteiger partial charge in [0.15, 0.2) is 6.61 Å². The Morgan fingerprint density at radius 3 is 2.07 bits per heavy atom. The molecule has 2 aromatic rings. The van der Waals surface area contributed by atoms with E-state index in [1.54, 1.807) is 0 Å². The van der Waals surface area contributed by atoms with E-state index in [-0.39, 0.29) is 22.4 Å². The van der Waals surface area contributed by atoms with Gasteiger partial charge in [-0.1, -0.05) is 0 Å². The lowest BCUT2D eigenvalue weighted by atomic mass is 10.1. The lowest BCUT2D eigenvalue weighted by molar-refractivity contribution is -0.119. The summed E-state index contributed by atoms with van der Waals surface area (Å²) in [6.45, 7) is -0.667. The van der Waals surface area contributed by atoms with Crippen molar-refractivity contribution in [3.05, 3.63) is 65.0 Å². The van der Waals surface area contributed by atoms with Gasteiger partial charge in [-0.15, -0.1) is 0 Å². The summed E-state index contributed by atoms with van der Waals surface area (Å²) in [7, 11) is 2.34. The third-order valence-electron chi connectivity index (χ3n) is 3.53. The maximum absolute atomic E-state index is 12.9. The van der Waals surface area contributed by atoms with E-state index < -0.39 is 36.2 Å². The van der Waals surface area contributed by atoms with Crippen LogP contribution in [0, 0.1) is 5.82 Å². The Balaban J connectivity index is 2.10. The zero-order valence-electron chi connectivity index (χ0n) is 15.0. The smallest absolute Gasteiger partial charge is 0.339 e. The highest BCUT2D eigenvalue weighted by Crippen LogP contribution is 2.20. The number of methoxy groups -OCH3 is 2. The molecule has 9 heteroatoms. The summed E-state index contributed by atoms with van der Waals surface area (Å²) in [5, 5.41) is 2.38. The van der Waals surface area contributed by atoms with Crippen LogP contribution in [0.15, 0.2) is 42.5 Å². The first kappa shape index (κ1) is 20.6. The zero-order chi connectivity index (χ0) is 20.7. The number of esters is 3. The number of hydrogen-bond acceptors (Lipinski definition) is 7. The van der Waals surface area contributed by atoms with Gasteiger partial charge in [0.2, 0.25) is 0 Å². The fraction of sp³-hybridized carbons (Fsp3) is 0.158.